The molecule has 6 nitrogen and oxygen atoms in total. The number of rotatable bonds is 4. The monoisotopic (exact) mass is 383 g/mol. The van der Waals surface area contributed by atoms with Crippen molar-refractivity contribution >= 4 is 27.8 Å². The summed E-state index contributed by atoms with van der Waals surface area (Å²) in [5, 5.41) is 1.01. The van der Waals surface area contributed by atoms with E-state index in [1.807, 2.05) is 0 Å². The Balaban J connectivity index is 1.68. The number of pyridine rings is 1. The van der Waals surface area contributed by atoms with Crippen LogP contribution >= 0.6 is 0 Å². The number of hydrogen-bond acceptors (Lipinski definition) is 4. The fourth-order valence-electron chi connectivity index (χ4n) is 3.15. The van der Waals surface area contributed by atoms with Crippen molar-refractivity contribution in [2.75, 3.05) is 0 Å². The second kappa shape index (κ2) is 6.88. The molecule has 0 saturated carbocycles. The van der Waals surface area contributed by atoms with E-state index >= 15 is 0 Å². The lowest BCUT2D eigenvalue weighted by Gasteiger charge is -2.15. The highest BCUT2D eigenvalue weighted by Crippen LogP contribution is 2.28. The van der Waals surface area contributed by atoms with E-state index in [1.54, 1.807) is 42.5 Å². The fourth-order valence-corrected chi connectivity index (χ4v) is 3.15. The number of aromatic amines is 1. The highest BCUT2D eigenvalue weighted by molar-refractivity contribution is 5.93. The molecule has 4 rings (SSSR count). The molecule has 0 aliphatic carbocycles. The predicted molar refractivity (Wildman–Crippen MR) is 99.4 cm³/mol. The summed E-state index contributed by atoms with van der Waals surface area (Å²) in [4.78, 5) is 31.3. The van der Waals surface area contributed by atoms with Crippen LogP contribution in [0.25, 0.3) is 21.8 Å². The van der Waals surface area contributed by atoms with Gasteiger partial charge in [-0.3, -0.25) is 9.36 Å². The highest BCUT2D eigenvalue weighted by atomic mass is 19.3. The quantitative estimate of drug-likeness (QED) is 0.536. The molecule has 0 radical (unpaired) electrons. The third-order valence-electron chi connectivity index (χ3n) is 4.44. The van der Waals surface area contributed by atoms with E-state index < -0.39 is 24.2 Å². The number of ether oxygens (including phenoxy) is 1. The van der Waals surface area contributed by atoms with Gasteiger partial charge in [0, 0.05) is 5.39 Å². The topological polar surface area (TPSA) is 77.0 Å². The summed E-state index contributed by atoms with van der Waals surface area (Å²) in [7, 11) is 0. The van der Waals surface area contributed by atoms with Crippen molar-refractivity contribution in [1.82, 2.24) is 14.5 Å². The minimum absolute atomic E-state index is 0.0599. The third kappa shape index (κ3) is 3.02. The number of halogens is 2. The van der Waals surface area contributed by atoms with Gasteiger partial charge in [-0.1, -0.05) is 30.3 Å². The van der Waals surface area contributed by atoms with Gasteiger partial charge in [-0.15, -0.1) is 0 Å². The molecule has 0 bridgehead atoms. The number of nitrogens with one attached hydrogen (secondary N) is 1. The van der Waals surface area contributed by atoms with E-state index in [9.17, 15) is 18.4 Å². The molecule has 2 aromatic heterocycles. The van der Waals surface area contributed by atoms with Gasteiger partial charge in [-0.05, 0) is 36.6 Å². The lowest BCUT2D eigenvalue weighted by atomic mass is 10.1. The smallest absolute Gasteiger partial charge is 0.355 e. The van der Waals surface area contributed by atoms with E-state index in [-0.39, 0.29) is 17.0 Å². The first-order valence-electron chi connectivity index (χ1n) is 8.54. The van der Waals surface area contributed by atoms with Crippen molar-refractivity contribution in [3.63, 3.8) is 0 Å². The van der Waals surface area contributed by atoms with E-state index in [1.165, 1.54) is 19.1 Å². The van der Waals surface area contributed by atoms with Crippen molar-refractivity contribution in [2.45, 2.75) is 19.6 Å². The summed E-state index contributed by atoms with van der Waals surface area (Å²) in [6.07, 6.45) is -1.05. The molecular formula is C20H15F2N3O3. The predicted octanol–water partition coefficient (Wildman–Crippen LogP) is 4.19. The molecule has 1 N–H and O–H groups in total. The fraction of sp³-hybridized carbons (Fsp3) is 0.150. The van der Waals surface area contributed by atoms with Crippen LogP contribution in [-0.4, -0.2) is 20.5 Å². The van der Waals surface area contributed by atoms with Crippen LogP contribution in [0.4, 0.5) is 8.78 Å². The normalized spacial score (nSPS) is 12.6. The number of aromatic nitrogens is 3. The zero-order valence-electron chi connectivity index (χ0n) is 14.7. The summed E-state index contributed by atoms with van der Waals surface area (Å²) < 4.78 is 33.2. The Hall–Kier alpha value is -3.55. The average Bonchev–Trinajstić information content (AvgIpc) is 3.08. The molecule has 0 saturated heterocycles. The number of para-hydroxylation sites is 2. The summed E-state index contributed by atoms with van der Waals surface area (Å²) in [6, 6.07) is 14.7. The molecule has 0 fully saturated rings. The molecule has 142 valence electrons. The van der Waals surface area contributed by atoms with E-state index in [0.29, 0.717) is 16.3 Å². The molecule has 1 unspecified atom stereocenters. The Morgan fingerprint density at radius 3 is 2.64 bits per heavy atom. The van der Waals surface area contributed by atoms with Crippen LogP contribution in [0.1, 0.15) is 35.9 Å². The third-order valence-corrected chi connectivity index (χ3v) is 4.44. The lowest BCUT2D eigenvalue weighted by Crippen LogP contribution is -2.18. The zero-order valence-corrected chi connectivity index (χ0v) is 14.7. The van der Waals surface area contributed by atoms with Gasteiger partial charge in [0.25, 0.3) is 5.56 Å². The first-order valence-corrected chi connectivity index (χ1v) is 8.54. The number of H-pyrrole nitrogens is 1. The van der Waals surface area contributed by atoms with Crippen LogP contribution in [0.15, 0.2) is 59.4 Å². The molecule has 2 aromatic carbocycles. The molecule has 28 heavy (non-hydrogen) atoms. The molecule has 0 aliphatic heterocycles. The maximum atomic E-state index is 13.6. The van der Waals surface area contributed by atoms with E-state index in [0.717, 1.165) is 4.57 Å². The first-order chi connectivity index (χ1) is 13.5. The number of carbonyl (C=O) groups is 1. The molecular weight excluding hydrogens is 368 g/mol. The maximum absolute atomic E-state index is 13.6. The van der Waals surface area contributed by atoms with Gasteiger partial charge in [0.1, 0.15) is 5.69 Å². The van der Waals surface area contributed by atoms with Gasteiger partial charge in [-0.2, -0.15) is 8.78 Å². The van der Waals surface area contributed by atoms with Crippen LogP contribution in [0.2, 0.25) is 0 Å². The Morgan fingerprint density at radius 2 is 1.86 bits per heavy atom. The zero-order chi connectivity index (χ0) is 19.8. The lowest BCUT2D eigenvalue weighted by molar-refractivity contribution is 0.0227. The minimum Gasteiger partial charge on any atom is -0.450 e. The van der Waals surface area contributed by atoms with Crippen LogP contribution in [-0.2, 0) is 4.74 Å². The summed E-state index contributed by atoms with van der Waals surface area (Å²) in [5.41, 5.74) is 0.127. The van der Waals surface area contributed by atoms with Gasteiger partial charge in [-0.25, -0.2) is 9.78 Å². The molecule has 0 aliphatic rings. The largest absolute Gasteiger partial charge is 0.450 e. The first kappa shape index (κ1) is 17.8. The Morgan fingerprint density at radius 1 is 1.14 bits per heavy atom. The van der Waals surface area contributed by atoms with Crippen molar-refractivity contribution in [3.8, 4) is 0 Å². The highest BCUT2D eigenvalue weighted by Gasteiger charge is 2.25. The van der Waals surface area contributed by atoms with Crippen LogP contribution in [0.3, 0.4) is 0 Å². The molecule has 1 atom stereocenters. The van der Waals surface area contributed by atoms with Gasteiger partial charge in [0.15, 0.2) is 11.9 Å². The minimum atomic E-state index is -2.84. The van der Waals surface area contributed by atoms with Crippen LogP contribution < -0.4 is 5.56 Å². The Kier molecular flexibility index (Phi) is 4.38. The number of alkyl halides is 2. The van der Waals surface area contributed by atoms with Gasteiger partial charge < -0.3 is 9.72 Å². The number of fused-ring (bicyclic) bond motifs is 2. The number of carbonyl (C=O) groups excluding carboxylic acids is 1. The Labute approximate surface area is 157 Å². The van der Waals surface area contributed by atoms with E-state index in [4.69, 9.17) is 4.74 Å². The van der Waals surface area contributed by atoms with Crippen LogP contribution in [0, 0.1) is 0 Å². The van der Waals surface area contributed by atoms with Crippen molar-refractivity contribution < 1.29 is 18.3 Å². The average molecular weight is 383 g/mol. The number of nitrogens with zero attached hydrogens (tertiary/aromatic N) is 2. The number of benzene rings is 2. The van der Waals surface area contributed by atoms with Gasteiger partial charge in [0.05, 0.1) is 11.0 Å². The van der Waals surface area contributed by atoms with E-state index in [2.05, 4.69) is 9.97 Å². The van der Waals surface area contributed by atoms with Crippen LogP contribution in [0.5, 0.6) is 0 Å². The Bertz CT molecular complexity index is 1250. The summed E-state index contributed by atoms with van der Waals surface area (Å²) in [5.74, 6) is -0.907. The van der Waals surface area contributed by atoms with Crippen molar-refractivity contribution in [1.29, 1.82) is 0 Å². The van der Waals surface area contributed by atoms with Crippen molar-refractivity contribution in [2.24, 2.45) is 0 Å². The van der Waals surface area contributed by atoms with Gasteiger partial charge in [0.2, 0.25) is 0 Å². The maximum Gasteiger partial charge on any atom is 0.355 e. The number of hydrogen-bond donors (Lipinski definition) is 1. The number of esters is 1. The van der Waals surface area contributed by atoms with Crippen molar-refractivity contribution in [3.05, 3.63) is 76.5 Å². The summed E-state index contributed by atoms with van der Waals surface area (Å²) in [6.45, 7) is -1.39. The van der Waals surface area contributed by atoms with Gasteiger partial charge >= 0.3 is 12.5 Å². The number of imidazole rings is 1. The molecule has 4 aromatic rings. The SMILES string of the molecule is CC(OC(=O)c1cc2ccccc2c(=O)[nH]1)c1nc2ccccc2n1C(F)F. The molecule has 8 heteroatoms. The second-order valence-electron chi connectivity index (χ2n) is 6.25. The summed E-state index contributed by atoms with van der Waals surface area (Å²) >= 11 is 0. The standard InChI is InChI=1S/C20H15F2N3O3/c1-11(17-23-14-8-4-5-9-16(14)25(17)20(21)22)28-19(27)15-10-12-6-2-3-7-13(12)18(26)24-15/h2-11,20H,1H3,(H,24,26). The molecule has 2 heterocycles. The molecule has 0 amide bonds. The second-order valence-corrected chi connectivity index (χ2v) is 6.25. The molecule has 0 spiro atoms.